The van der Waals surface area contributed by atoms with E-state index in [0.717, 1.165) is 24.8 Å². The van der Waals surface area contributed by atoms with Crippen molar-refractivity contribution in [2.24, 2.45) is 5.41 Å². The highest BCUT2D eigenvalue weighted by molar-refractivity contribution is 5.95. The second kappa shape index (κ2) is 7.04. The molecule has 2 N–H and O–H groups in total. The van der Waals surface area contributed by atoms with Crippen LogP contribution < -0.4 is 5.32 Å². The summed E-state index contributed by atoms with van der Waals surface area (Å²) in [7, 11) is 0. The number of carboxylic acids is 1. The Labute approximate surface area is 145 Å². The summed E-state index contributed by atoms with van der Waals surface area (Å²) >= 11 is 0. The molecule has 7 nitrogen and oxygen atoms in total. The number of nitrogens with one attached hydrogen (secondary N) is 1. The molecule has 1 fully saturated rings. The molecule has 0 unspecified atom stereocenters. The van der Waals surface area contributed by atoms with Crippen LogP contribution in [-0.2, 0) is 4.79 Å². The first kappa shape index (κ1) is 17.1. The number of aromatic nitrogens is 2. The van der Waals surface area contributed by atoms with Crippen molar-refractivity contribution >= 4 is 11.9 Å². The molecular formula is C18H21N3O4. The Hall–Kier alpha value is -2.70. The second-order valence-corrected chi connectivity index (χ2v) is 6.53. The van der Waals surface area contributed by atoms with Gasteiger partial charge >= 0.3 is 5.97 Å². The van der Waals surface area contributed by atoms with Crippen LogP contribution in [0, 0.1) is 12.3 Å². The number of carboxylic acid groups (broad SMARTS) is 1. The number of hydrogen-bond donors (Lipinski definition) is 2. The van der Waals surface area contributed by atoms with Gasteiger partial charge in [0.1, 0.15) is 0 Å². The molecule has 1 heterocycles. The Kier molecular flexibility index (Phi) is 4.83. The van der Waals surface area contributed by atoms with Crippen molar-refractivity contribution < 1.29 is 19.1 Å². The number of carbonyl (C=O) groups is 2. The Balaban J connectivity index is 1.65. The van der Waals surface area contributed by atoms with Gasteiger partial charge in [-0.3, -0.25) is 9.59 Å². The minimum Gasteiger partial charge on any atom is -0.481 e. The third-order valence-corrected chi connectivity index (χ3v) is 4.77. The summed E-state index contributed by atoms with van der Waals surface area (Å²) in [6.07, 6.45) is 4.05. The Morgan fingerprint density at radius 2 is 1.84 bits per heavy atom. The van der Waals surface area contributed by atoms with E-state index >= 15 is 0 Å². The van der Waals surface area contributed by atoms with Crippen LogP contribution in [-0.4, -0.2) is 33.7 Å². The van der Waals surface area contributed by atoms with E-state index in [1.165, 1.54) is 0 Å². The lowest BCUT2D eigenvalue weighted by Crippen LogP contribution is -2.44. The molecule has 0 bridgehead atoms. The molecule has 1 aliphatic carbocycles. The lowest BCUT2D eigenvalue weighted by Gasteiger charge is -2.33. The maximum Gasteiger partial charge on any atom is 0.311 e. The first-order valence-corrected chi connectivity index (χ1v) is 8.42. The zero-order chi connectivity index (χ0) is 17.9. The molecule has 1 aliphatic rings. The average molecular weight is 343 g/mol. The number of nitrogens with zero attached hydrogens (tertiary/aromatic N) is 2. The summed E-state index contributed by atoms with van der Waals surface area (Å²) in [5.74, 6) is -0.228. The highest BCUT2D eigenvalue weighted by atomic mass is 16.4. The van der Waals surface area contributed by atoms with Gasteiger partial charge < -0.3 is 14.8 Å². The lowest BCUT2D eigenvalue weighted by molar-refractivity contribution is -0.150. The first-order chi connectivity index (χ1) is 12.0. The quantitative estimate of drug-likeness (QED) is 0.865. The minimum atomic E-state index is -0.838. The van der Waals surface area contributed by atoms with Crippen molar-refractivity contribution in [3.63, 3.8) is 0 Å². The average Bonchev–Trinajstić information content (AvgIpc) is 3.07. The molecule has 25 heavy (non-hydrogen) atoms. The summed E-state index contributed by atoms with van der Waals surface area (Å²) in [6.45, 7) is 1.87. The third kappa shape index (κ3) is 3.70. The summed E-state index contributed by atoms with van der Waals surface area (Å²) < 4.78 is 5.35. The molecule has 0 radical (unpaired) electrons. The van der Waals surface area contributed by atoms with E-state index in [-0.39, 0.29) is 12.5 Å². The molecule has 3 rings (SSSR count). The van der Waals surface area contributed by atoms with Crippen LogP contribution in [0.3, 0.4) is 0 Å². The topological polar surface area (TPSA) is 105 Å². The maximum absolute atomic E-state index is 12.3. The van der Waals surface area contributed by atoms with Crippen LogP contribution in [0.1, 0.15) is 48.4 Å². The number of rotatable bonds is 5. The Morgan fingerprint density at radius 3 is 2.40 bits per heavy atom. The number of benzene rings is 1. The summed E-state index contributed by atoms with van der Waals surface area (Å²) in [5.41, 5.74) is 0.359. The molecule has 1 amide bonds. The van der Waals surface area contributed by atoms with Gasteiger partial charge in [0, 0.05) is 24.6 Å². The van der Waals surface area contributed by atoms with E-state index in [2.05, 4.69) is 15.5 Å². The van der Waals surface area contributed by atoms with E-state index < -0.39 is 11.4 Å². The van der Waals surface area contributed by atoms with Gasteiger partial charge in [-0.1, -0.05) is 19.3 Å². The normalized spacial score (nSPS) is 16.4. The van der Waals surface area contributed by atoms with Gasteiger partial charge in [0.25, 0.3) is 5.91 Å². The van der Waals surface area contributed by atoms with Crippen LogP contribution >= 0.6 is 0 Å². The van der Waals surface area contributed by atoms with Crippen LogP contribution in [0.2, 0.25) is 0 Å². The Bertz CT molecular complexity index is 761. The van der Waals surface area contributed by atoms with Gasteiger partial charge in [-0.2, -0.15) is 0 Å². The molecule has 1 aromatic heterocycles. The number of aryl methyl sites for hydroxylation is 1. The Morgan fingerprint density at radius 1 is 1.16 bits per heavy atom. The van der Waals surface area contributed by atoms with E-state index in [0.29, 0.717) is 30.2 Å². The van der Waals surface area contributed by atoms with Crippen molar-refractivity contribution in [3.05, 3.63) is 35.7 Å². The van der Waals surface area contributed by atoms with Gasteiger partial charge in [-0.25, -0.2) is 0 Å². The molecule has 0 aliphatic heterocycles. The fraction of sp³-hybridized carbons (Fsp3) is 0.444. The second-order valence-electron chi connectivity index (χ2n) is 6.53. The predicted octanol–water partition coefficient (Wildman–Crippen LogP) is 2.81. The predicted molar refractivity (Wildman–Crippen MR) is 90.0 cm³/mol. The highest BCUT2D eigenvalue weighted by Gasteiger charge is 2.39. The van der Waals surface area contributed by atoms with Crippen LogP contribution in [0.4, 0.5) is 0 Å². The summed E-state index contributed by atoms with van der Waals surface area (Å²) in [6, 6.07) is 6.79. The van der Waals surface area contributed by atoms with Gasteiger partial charge in [-0.05, 0) is 37.1 Å². The van der Waals surface area contributed by atoms with Gasteiger partial charge in [0.2, 0.25) is 11.8 Å². The summed E-state index contributed by atoms with van der Waals surface area (Å²) in [4.78, 5) is 24.0. The molecule has 0 saturated heterocycles. The van der Waals surface area contributed by atoms with E-state index in [9.17, 15) is 14.7 Å². The van der Waals surface area contributed by atoms with Crippen molar-refractivity contribution in [1.82, 2.24) is 15.5 Å². The molecule has 1 saturated carbocycles. The molecule has 2 aromatic rings. The molecule has 0 spiro atoms. The fourth-order valence-corrected chi connectivity index (χ4v) is 3.22. The van der Waals surface area contributed by atoms with Gasteiger partial charge in [-0.15, -0.1) is 10.2 Å². The smallest absolute Gasteiger partial charge is 0.311 e. The minimum absolute atomic E-state index is 0.159. The van der Waals surface area contributed by atoms with Crippen LogP contribution in [0.15, 0.2) is 28.7 Å². The van der Waals surface area contributed by atoms with Crippen molar-refractivity contribution in [2.75, 3.05) is 6.54 Å². The zero-order valence-electron chi connectivity index (χ0n) is 14.1. The van der Waals surface area contributed by atoms with Crippen molar-refractivity contribution in [1.29, 1.82) is 0 Å². The molecule has 0 atom stereocenters. The number of hydrogen-bond acceptors (Lipinski definition) is 5. The fourth-order valence-electron chi connectivity index (χ4n) is 3.22. The maximum atomic E-state index is 12.3. The molecule has 132 valence electrons. The zero-order valence-corrected chi connectivity index (χ0v) is 14.1. The van der Waals surface area contributed by atoms with Gasteiger partial charge in [0.05, 0.1) is 5.41 Å². The largest absolute Gasteiger partial charge is 0.481 e. The molecular weight excluding hydrogens is 322 g/mol. The third-order valence-electron chi connectivity index (χ3n) is 4.77. The van der Waals surface area contributed by atoms with Crippen LogP contribution in [0.5, 0.6) is 0 Å². The monoisotopic (exact) mass is 343 g/mol. The molecule has 1 aromatic carbocycles. The standard InChI is InChI=1S/C18H21N3O4/c1-12-20-21-16(25-12)14-7-5-13(6-8-14)15(22)19-11-18(17(23)24)9-3-2-4-10-18/h5-8H,2-4,9-11H2,1H3,(H,19,22)(H,23,24). The lowest BCUT2D eigenvalue weighted by atomic mass is 9.74. The van der Waals surface area contributed by atoms with Crippen LogP contribution in [0.25, 0.3) is 11.5 Å². The van der Waals surface area contributed by atoms with E-state index in [1.54, 1.807) is 31.2 Å². The number of aliphatic carboxylic acids is 1. The highest BCUT2D eigenvalue weighted by Crippen LogP contribution is 2.36. The van der Waals surface area contributed by atoms with E-state index in [1.807, 2.05) is 0 Å². The number of amides is 1. The SMILES string of the molecule is Cc1nnc(-c2ccc(C(=O)NCC3(C(=O)O)CCCCC3)cc2)o1. The number of carbonyl (C=O) groups excluding carboxylic acids is 1. The first-order valence-electron chi connectivity index (χ1n) is 8.42. The van der Waals surface area contributed by atoms with E-state index in [4.69, 9.17) is 4.42 Å². The van der Waals surface area contributed by atoms with Crippen molar-refractivity contribution in [3.8, 4) is 11.5 Å². The summed E-state index contributed by atoms with van der Waals surface area (Å²) in [5, 5.41) is 20.1. The molecule has 7 heteroatoms. The van der Waals surface area contributed by atoms with Crippen molar-refractivity contribution in [2.45, 2.75) is 39.0 Å². The van der Waals surface area contributed by atoms with Gasteiger partial charge in [0.15, 0.2) is 0 Å².